The number of rotatable bonds is 7. The zero-order valence-electron chi connectivity index (χ0n) is 14.3. The first-order valence-corrected chi connectivity index (χ1v) is 11.1. The van der Waals surface area contributed by atoms with Crippen LogP contribution < -0.4 is 11.1 Å². The minimum Gasteiger partial charge on any atom is -0.379 e. The number of nitrogens with zero attached hydrogens (tertiary/aromatic N) is 1. The highest BCUT2D eigenvalue weighted by Crippen LogP contribution is 2.04. The van der Waals surface area contributed by atoms with Crippen molar-refractivity contribution in [3.63, 3.8) is 0 Å². The van der Waals surface area contributed by atoms with Gasteiger partial charge in [0, 0.05) is 26.2 Å². The number of carbonyl (C=O) groups excluding carboxylic acids is 1. The van der Waals surface area contributed by atoms with Gasteiger partial charge in [-0.15, -0.1) is 0 Å². The molecule has 13 heteroatoms. The molecule has 0 spiro atoms. The SMILES string of the molecule is CC[C@H](C)[C@H](N)C(=O)NCCN1CCOCC1.O=S(=O)(O)S(=O)(=O)O. The van der Waals surface area contributed by atoms with Crippen molar-refractivity contribution in [2.75, 3.05) is 39.4 Å². The molecule has 1 amide bonds. The Bertz CT molecular complexity index is 572. The van der Waals surface area contributed by atoms with E-state index in [2.05, 4.69) is 10.2 Å². The van der Waals surface area contributed by atoms with Crippen molar-refractivity contribution in [1.29, 1.82) is 0 Å². The first-order chi connectivity index (χ1) is 11.4. The van der Waals surface area contributed by atoms with E-state index in [1.54, 1.807) is 0 Å². The van der Waals surface area contributed by atoms with Gasteiger partial charge in [-0.3, -0.25) is 18.8 Å². The van der Waals surface area contributed by atoms with Gasteiger partial charge in [0.2, 0.25) is 5.91 Å². The van der Waals surface area contributed by atoms with Gasteiger partial charge in [0.1, 0.15) is 0 Å². The second-order valence-corrected chi connectivity index (χ2v) is 9.75. The smallest absolute Gasteiger partial charge is 0.379 e. The Labute approximate surface area is 147 Å². The van der Waals surface area contributed by atoms with E-state index in [0.717, 1.165) is 39.3 Å². The molecule has 1 aliphatic heterocycles. The summed E-state index contributed by atoms with van der Waals surface area (Å²) in [5, 5.41) is 2.90. The molecule has 1 rings (SSSR count). The topological polar surface area (TPSA) is 176 Å². The lowest BCUT2D eigenvalue weighted by atomic mass is 9.99. The van der Waals surface area contributed by atoms with Crippen molar-refractivity contribution in [2.24, 2.45) is 11.7 Å². The molecule has 0 radical (unpaired) electrons. The third kappa shape index (κ3) is 10.0. The second-order valence-electron chi connectivity index (χ2n) is 5.51. The first-order valence-electron chi connectivity index (χ1n) is 7.68. The average molecular weight is 405 g/mol. The fraction of sp³-hybridized carbons (Fsp3) is 0.917. The van der Waals surface area contributed by atoms with Crippen molar-refractivity contribution in [1.82, 2.24) is 10.2 Å². The van der Waals surface area contributed by atoms with Gasteiger partial charge in [-0.25, -0.2) is 0 Å². The van der Waals surface area contributed by atoms with E-state index < -0.39 is 18.3 Å². The van der Waals surface area contributed by atoms with Crippen LogP contribution in [0.3, 0.4) is 0 Å². The van der Waals surface area contributed by atoms with Crippen LogP contribution in [-0.4, -0.2) is 82.2 Å². The van der Waals surface area contributed by atoms with Crippen molar-refractivity contribution in [2.45, 2.75) is 26.3 Å². The van der Waals surface area contributed by atoms with Crippen molar-refractivity contribution in [3.8, 4) is 0 Å². The predicted molar refractivity (Wildman–Crippen MR) is 90.8 cm³/mol. The molecule has 5 N–H and O–H groups in total. The number of ether oxygens (including phenoxy) is 1. The highest BCUT2D eigenvalue weighted by Gasteiger charge is 2.22. The van der Waals surface area contributed by atoms with Crippen LogP contribution in [0.5, 0.6) is 0 Å². The summed E-state index contributed by atoms with van der Waals surface area (Å²) in [5.74, 6) is 0.200. The van der Waals surface area contributed by atoms with E-state index in [4.69, 9.17) is 19.6 Å². The Kier molecular flexibility index (Phi) is 10.6. The molecule has 0 bridgehead atoms. The second kappa shape index (κ2) is 11.0. The summed E-state index contributed by atoms with van der Waals surface area (Å²) in [4.78, 5) is 14.0. The maximum Gasteiger partial charge on any atom is 0.397 e. The summed E-state index contributed by atoms with van der Waals surface area (Å²) in [7, 11) is -10.6. The average Bonchev–Trinajstić information content (AvgIpc) is 2.53. The monoisotopic (exact) mass is 405 g/mol. The van der Waals surface area contributed by atoms with Gasteiger partial charge < -0.3 is 15.8 Å². The van der Waals surface area contributed by atoms with Gasteiger partial charge >= 0.3 is 18.3 Å². The molecule has 0 saturated carbocycles. The molecule has 0 aromatic rings. The van der Waals surface area contributed by atoms with E-state index >= 15 is 0 Å². The molecule has 1 heterocycles. The number of morpholine rings is 1. The summed E-state index contributed by atoms with van der Waals surface area (Å²) < 4.78 is 57.7. The lowest BCUT2D eigenvalue weighted by Crippen LogP contribution is -2.47. The number of hydrogen-bond acceptors (Lipinski definition) is 8. The lowest BCUT2D eigenvalue weighted by molar-refractivity contribution is -0.123. The highest BCUT2D eigenvalue weighted by molar-refractivity contribution is 8.62. The maximum atomic E-state index is 11.7. The van der Waals surface area contributed by atoms with Gasteiger partial charge in [0.15, 0.2) is 0 Å². The third-order valence-electron chi connectivity index (χ3n) is 3.66. The third-order valence-corrected chi connectivity index (χ3v) is 5.79. The molecule has 1 fully saturated rings. The van der Waals surface area contributed by atoms with Gasteiger partial charge in [0.25, 0.3) is 0 Å². The molecule has 11 nitrogen and oxygen atoms in total. The number of nitrogens with one attached hydrogen (secondary N) is 1. The molecule has 150 valence electrons. The molecule has 0 aliphatic carbocycles. The fourth-order valence-electron chi connectivity index (χ4n) is 1.79. The minimum absolute atomic E-state index is 0.0346. The van der Waals surface area contributed by atoms with Gasteiger partial charge in [-0.2, -0.15) is 16.8 Å². The summed E-state index contributed by atoms with van der Waals surface area (Å²) in [5.41, 5.74) is 5.84. The van der Waals surface area contributed by atoms with Crippen LogP contribution in [0.2, 0.25) is 0 Å². The number of nitrogens with two attached hydrogens (primary N) is 1. The summed E-state index contributed by atoms with van der Waals surface area (Å²) in [6, 6.07) is -0.385. The van der Waals surface area contributed by atoms with E-state index in [1.807, 2.05) is 13.8 Å². The number of hydrogen-bond donors (Lipinski definition) is 4. The maximum absolute atomic E-state index is 11.7. The van der Waals surface area contributed by atoms with E-state index in [0.29, 0.717) is 6.54 Å². The Morgan fingerprint density at radius 3 is 2.08 bits per heavy atom. The molecule has 0 unspecified atom stereocenters. The first kappa shape index (κ1) is 24.2. The Hall–Kier alpha value is -0.830. The van der Waals surface area contributed by atoms with Crippen molar-refractivity contribution >= 4 is 24.2 Å². The quantitative estimate of drug-likeness (QED) is 0.287. The van der Waals surface area contributed by atoms with E-state index in [9.17, 15) is 21.6 Å². The zero-order valence-corrected chi connectivity index (χ0v) is 15.9. The predicted octanol–water partition coefficient (Wildman–Crippen LogP) is -1.51. The molecule has 2 atom stereocenters. The van der Waals surface area contributed by atoms with Crippen LogP contribution in [-0.2, 0) is 27.8 Å². The van der Waals surface area contributed by atoms with Crippen LogP contribution >= 0.6 is 0 Å². The lowest BCUT2D eigenvalue weighted by Gasteiger charge is -2.27. The largest absolute Gasteiger partial charge is 0.397 e. The van der Waals surface area contributed by atoms with Crippen LogP contribution in [0.25, 0.3) is 0 Å². The molecular weight excluding hydrogens is 378 g/mol. The van der Waals surface area contributed by atoms with Crippen molar-refractivity contribution < 1.29 is 35.5 Å². The van der Waals surface area contributed by atoms with E-state index in [1.165, 1.54) is 0 Å². The normalized spacial score (nSPS) is 18.6. The molecule has 1 saturated heterocycles. The van der Waals surface area contributed by atoms with Gasteiger partial charge in [0.05, 0.1) is 19.3 Å². The standard InChI is InChI=1S/C12H25N3O2.H2O6S2/c1-3-10(2)11(13)12(16)14-4-5-15-6-8-17-9-7-15;1-7(2,3)8(4,5)6/h10-11H,3-9,13H2,1-2H3,(H,14,16);(H,1,2,3)(H,4,5,6)/t10-,11-;/m0./s1. The Balaban J connectivity index is 0.000000609. The van der Waals surface area contributed by atoms with Crippen LogP contribution in [0, 0.1) is 5.92 Å². The summed E-state index contributed by atoms with van der Waals surface area (Å²) in [6.45, 7) is 9.09. The summed E-state index contributed by atoms with van der Waals surface area (Å²) in [6.07, 6.45) is 0.929. The zero-order chi connectivity index (χ0) is 19.7. The summed E-state index contributed by atoms with van der Waals surface area (Å²) >= 11 is 0. The molecule has 1 aliphatic rings. The van der Waals surface area contributed by atoms with Crippen molar-refractivity contribution in [3.05, 3.63) is 0 Å². The van der Waals surface area contributed by atoms with Gasteiger partial charge in [-0.1, -0.05) is 20.3 Å². The van der Waals surface area contributed by atoms with Crippen LogP contribution in [0.4, 0.5) is 0 Å². The molecule has 0 aromatic heterocycles. The van der Waals surface area contributed by atoms with Crippen LogP contribution in [0.15, 0.2) is 0 Å². The van der Waals surface area contributed by atoms with E-state index in [-0.39, 0.29) is 17.9 Å². The molecule has 25 heavy (non-hydrogen) atoms. The van der Waals surface area contributed by atoms with Gasteiger partial charge in [-0.05, 0) is 5.92 Å². The Morgan fingerprint density at radius 1 is 1.20 bits per heavy atom. The fourth-order valence-corrected chi connectivity index (χ4v) is 1.79. The molecule has 0 aromatic carbocycles. The minimum atomic E-state index is -5.31. The Morgan fingerprint density at radius 2 is 1.68 bits per heavy atom. The molecular formula is C12H27N3O8S2. The highest BCUT2D eigenvalue weighted by atomic mass is 33.2. The number of amides is 1. The number of carbonyl (C=O) groups is 1. The van der Waals surface area contributed by atoms with Crippen LogP contribution in [0.1, 0.15) is 20.3 Å².